The lowest BCUT2D eigenvalue weighted by atomic mass is 9.96. The van der Waals surface area contributed by atoms with Gasteiger partial charge in [-0.25, -0.2) is 9.97 Å². The number of rotatable bonds is 6. The summed E-state index contributed by atoms with van der Waals surface area (Å²) in [6, 6.07) is 2.46. The molecule has 3 rings (SSSR count). The van der Waals surface area contributed by atoms with Gasteiger partial charge in [-0.15, -0.1) is 0 Å². The Labute approximate surface area is 157 Å². The Morgan fingerprint density at radius 1 is 1.12 bits per heavy atom. The van der Waals surface area contributed by atoms with Gasteiger partial charge in [-0.3, -0.25) is 9.89 Å². The van der Waals surface area contributed by atoms with Crippen molar-refractivity contribution < 1.29 is 0 Å². The van der Waals surface area contributed by atoms with E-state index in [1.54, 1.807) is 0 Å². The van der Waals surface area contributed by atoms with Crippen molar-refractivity contribution in [1.82, 2.24) is 25.5 Å². The molecule has 2 N–H and O–H groups in total. The summed E-state index contributed by atoms with van der Waals surface area (Å²) < 4.78 is 0. The van der Waals surface area contributed by atoms with Crippen molar-refractivity contribution >= 4 is 11.9 Å². The molecule has 0 atom stereocenters. The molecule has 144 valence electrons. The van der Waals surface area contributed by atoms with Crippen molar-refractivity contribution in [3.63, 3.8) is 0 Å². The van der Waals surface area contributed by atoms with E-state index in [0.29, 0.717) is 6.04 Å². The first-order valence-electron chi connectivity index (χ1n) is 10.1. The zero-order chi connectivity index (χ0) is 18.0. The first-order valence-corrected chi connectivity index (χ1v) is 10.1. The first-order chi connectivity index (χ1) is 12.8. The van der Waals surface area contributed by atoms with Gasteiger partial charge in [0.2, 0.25) is 5.95 Å². The highest BCUT2D eigenvalue weighted by Gasteiger charge is 2.18. The maximum Gasteiger partial charge on any atom is 0.225 e. The van der Waals surface area contributed by atoms with Crippen molar-refractivity contribution in [2.45, 2.75) is 45.1 Å². The lowest BCUT2D eigenvalue weighted by Gasteiger charge is -2.34. The summed E-state index contributed by atoms with van der Waals surface area (Å²) in [5.41, 5.74) is 0. The molecule has 2 fully saturated rings. The minimum absolute atomic E-state index is 0.593. The molecule has 2 aliphatic rings. The summed E-state index contributed by atoms with van der Waals surface area (Å²) in [7, 11) is 0. The number of nitrogens with one attached hydrogen (secondary N) is 2. The maximum atomic E-state index is 4.79. The monoisotopic (exact) mass is 359 g/mol. The molecule has 2 heterocycles. The predicted octanol–water partition coefficient (Wildman–Crippen LogP) is 1.49. The first kappa shape index (κ1) is 18.9. The fourth-order valence-corrected chi connectivity index (χ4v) is 3.69. The topological polar surface area (TPSA) is 68.7 Å². The van der Waals surface area contributed by atoms with Gasteiger partial charge in [0.1, 0.15) is 0 Å². The third-order valence-corrected chi connectivity index (χ3v) is 5.18. The van der Waals surface area contributed by atoms with E-state index < -0.39 is 0 Å². The van der Waals surface area contributed by atoms with Crippen LogP contribution in [0, 0.1) is 0 Å². The second-order valence-electron chi connectivity index (χ2n) is 7.12. The van der Waals surface area contributed by atoms with Gasteiger partial charge in [-0.2, -0.15) is 0 Å². The Kier molecular flexibility index (Phi) is 7.49. The largest absolute Gasteiger partial charge is 0.357 e. The summed E-state index contributed by atoms with van der Waals surface area (Å²) in [5.74, 6) is 1.83. The van der Waals surface area contributed by atoms with Crippen LogP contribution in [0.4, 0.5) is 5.95 Å². The standard InChI is InChI=1S/C19H33N7/c1-2-20-18(24-17-7-4-3-5-8-17)21-11-12-25-13-15-26(16-14-25)19-22-9-6-10-23-19/h6,9-10,17H,2-5,7-8,11-16H2,1H3,(H2,20,21,24). The van der Waals surface area contributed by atoms with Crippen LogP contribution in [0.1, 0.15) is 39.0 Å². The number of piperazine rings is 1. The number of aliphatic imine (C=N–C) groups is 1. The second-order valence-corrected chi connectivity index (χ2v) is 7.12. The van der Waals surface area contributed by atoms with Crippen LogP contribution in [-0.4, -0.2) is 72.7 Å². The van der Waals surface area contributed by atoms with E-state index in [2.05, 4.69) is 37.3 Å². The van der Waals surface area contributed by atoms with Crippen LogP contribution < -0.4 is 15.5 Å². The fraction of sp³-hybridized carbons (Fsp3) is 0.737. The van der Waals surface area contributed by atoms with E-state index in [4.69, 9.17) is 4.99 Å². The molecular formula is C19H33N7. The van der Waals surface area contributed by atoms with E-state index in [0.717, 1.165) is 57.7 Å². The molecule has 0 radical (unpaired) electrons. The van der Waals surface area contributed by atoms with Crippen molar-refractivity contribution in [2.24, 2.45) is 4.99 Å². The van der Waals surface area contributed by atoms with Crippen molar-refractivity contribution in [3.05, 3.63) is 18.5 Å². The van der Waals surface area contributed by atoms with E-state index in [1.807, 2.05) is 18.5 Å². The van der Waals surface area contributed by atoms with Crippen molar-refractivity contribution in [2.75, 3.05) is 50.7 Å². The summed E-state index contributed by atoms with van der Waals surface area (Å²) >= 11 is 0. The average Bonchev–Trinajstić information content (AvgIpc) is 2.70. The van der Waals surface area contributed by atoms with Gasteiger partial charge >= 0.3 is 0 Å². The molecule has 26 heavy (non-hydrogen) atoms. The molecule has 0 bridgehead atoms. The smallest absolute Gasteiger partial charge is 0.225 e. The number of hydrogen-bond donors (Lipinski definition) is 2. The number of nitrogens with zero attached hydrogens (tertiary/aromatic N) is 5. The van der Waals surface area contributed by atoms with Gasteiger partial charge in [0.15, 0.2) is 5.96 Å². The normalized spacial score (nSPS) is 20.2. The van der Waals surface area contributed by atoms with Crippen LogP contribution in [0.3, 0.4) is 0 Å². The lowest BCUT2D eigenvalue weighted by Crippen LogP contribution is -2.48. The molecule has 0 spiro atoms. The quantitative estimate of drug-likeness (QED) is 0.592. The lowest BCUT2D eigenvalue weighted by molar-refractivity contribution is 0.263. The van der Waals surface area contributed by atoms with Crippen molar-refractivity contribution in [1.29, 1.82) is 0 Å². The van der Waals surface area contributed by atoms with E-state index in [1.165, 1.54) is 32.1 Å². The Hall–Kier alpha value is -1.89. The molecule has 0 unspecified atom stereocenters. The highest BCUT2D eigenvalue weighted by Crippen LogP contribution is 2.17. The summed E-state index contributed by atoms with van der Waals surface area (Å²) in [4.78, 5) is 18.2. The van der Waals surface area contributed by atoms with E-state index in [-0.39, 0.29) is 0 Å². The molecule has 1 aliphatic carbocycles. The summed E-state index contributed by atoms with van der Waals surface area (Å²) in [5, 5.41) is 7.01. The highest BCUT2D eigenvalue weighted by molar-refractivity contribution is 5.80. The molecule has 0 aromatic carbocycles. The predicted molar refractivity (Wildman–Crippen MR) is 107 cm³/mol. The molecule has 0 amide bonds. The molecule has 7 heteroatoms. The highest BCUT2D eigenvalue weighted by atomic mass is 15.3. The number of aromatic nitrogens is 2. The molecular weight excluding hydrogens is 326 g/mol. The molecule has 1 saturated carbocycles. The zero-order valence-electron chi connectivity index (χ0n) is 16.0. The Morgan fingerprint density at radius 2 is 1.85 bits per heavy atom. The Morgan fingerprint density at radius 3 is 2.54 bits per heavy atom. The second kappa shape index (κ2) is 10.3. The minimum Gasteiger partial charge on any atom is -0.357 e. The average molecular weight is 360 g/mol. The van der Waals surface area contributed by atoms with Crippen LogP contribution in [-0.2, 0) is 0 Å². The molecule has 1 saturated heterocycles. The third kappa shape index (κ3) is 5.83. The molecule has 1 aromatic rings. The van der Waals surface area contributed by atoms with Gasteiger partial charge in [-0.05, 0) is 25.8 Å². The van der Waals surface area contributed by atoms with Crippen LogP contribution in [0.5, 0.6) is 0 Å². The van der Waals surface area contributed by atoms with Gasteiger partial charge in [0.05, 0.1) is 6.54 Å². The minimum atomic E-state index is 0.593. The van der Waals surface area contributed by atoms with Gasteiger partial charge in [0.25, 0.3) is 0 Å². The fourth-order valence-electron chi connectivity index (χ4n) is 3.69. The molecule has 1 aromatic heterocycles. The van der Waals surface area contributed by atoms with Crippen LogP contribution >= 0.6 is 0 Å². The molecule has 7 nitrogen and oxygen atoms in total. The van der Waals surface area contributed by atoms with Gasteiger partial charge in [-0.1, -0.05) is 19.3 Å². The van der Waals surface area contributed by atoms with Crippen LogP contribution in [0.25, 0.3) is 0 Å². The van der Waals surface area contributed by atoms with Crippen molar-refractivity contribution in [3.8, 4) is 0 Å². The number of anilines is 1. The Balaban J connectivity index is 1.40. The Bertz CT molecular complexity index is 534. The number of hydrogen-bond acceptors (Lipinski definition) is 5. The van der Waals surface area contributed by atoms with Crippen LogP contribution in [0.15, 0.2) is 23.5 Å². The maximum absolute atomic E-state index is 4.79. The van der Waals surface area contributed by atoms with E-state index in [9.17, 15) is 0 Å². The zero-order valence-corrected chi connectivity index (χ0v) is 16.0. The summed E-state index contributed by atoms with van der Waals surface area (Å²) in [6.07, 6.45) is 10.2. The van der Waals surface area contributed by atoms with Crippen LogP contribution in [0.2, 0.25) is 0 Å². The van der Waals surface area contributed by atoms with Gasteiger partial charge < -0.3 is 15.5 Å². The third-order valence-electron chi connectivity index (χ3n) is 5.18. The van der Waals surface area contributed by atoms with Gasteiger partial charge in [0, 0.05) is 57.7 Å². The SMILES string of the molecule is CCNC(=NCCN1CCN(c2ncccn2)CC1)NC1CCCCC1. The summed E-state index contributed by atoms with van der Waals surface area (Å²) in [6.45, 7) is 8.93. The van der Waals surface area contributed by atoms with E-state index >= 15 is 0 Å². The number of guanidine groups is 1. The molecule has 1 aliphatic heterocycles.